The van der Waals surface area contributed by atoms with Crippen LogP contribution in [-0.4, -0.2) is 23.6 Å². The van der Waals surface area contributed by atoms with Gasteiger partial charge in [-0.2, -0.15) is 0 Å². The molecule has 2 aliphatic carbocycles. The molecule has 0 saturated heterocycles. The van der Waals surface area contributed by atoms with Gasteiger partial charge in [-0.3, -0.25) is 0 Å². The molecule has 0 radical (unpaired) electrons. The first-order valence-corrected chi connectivity index (χ1v) is 8.79. The van der Waals surface area contributed by atoms with Crippen LogP contribution in [0.25, 0.3) is 0 Å². The van der Waals surface area contributed by atoms with Gasteiger partial charge in [0, 0.05) is 17.3 Å². The molecule has 1 aromatic rings. The van der Waals surface area contributed by atoms with Gasteiger partial charge in [-0.15, -0.1) is 0 Å². The molecule has 21 heavy (non-hydrogen) atoms. The molecular weight excluding hydrogens is 258 g/mol. The smallest absolute Gasteiger partial charge is 0.132 e. The maximum Gasteiger partial charge on any atom is 0.132 e. The molecule has 3 atom stereocenters. The first-order valence-electron chi connectivity index (χ1n) is 8.79. The van der Waals surface area contributed by atoms with Gasteiger partial charge in [0.1, 0.15) is 5.82 Å². The van der Waals surface area contributed by atoms with Crippen molar-refractivity contribution in [3.8, 4) is 0 Å². The van der Waals surface area contributed by atoms with Crippen LogP contribution in [0, 0.1) is 11.8 Å². The molecule has 3 rings (SSSR count). The number of likely N-dealkylation sites (N-methyl/N-ethyl adjacent to an activating group) is 1. The molecule has 0 spiro atoms. The summed E-state index contributed by atoms with van der Waals surface area (Å²) in [4.78, 5) is 10.0. The zero-order valence-electron chi connectivity index (χ0n) is 13.8. The second-order valence-corrected chi connectivity index (χ2v) is 6.80. The third-order valence-electron chi connectivity index (χ3n) is 5.56. The van der Waals surface area contributed by atoms with E-state index in [9.17, 15) is 0 Å². The maximum atomic E-state index is 5.01. The van der Waals surface area contributed by atoms with Crippen molar-refractivity contribution in [1.29, 1.82) is 0 Å². The Morgan fingerprint density at radius 2 is 1.76 bits per heavy atom. The Bertz CT molecular complexity index is 472. The molecule has 3 heteroatoms. The van der Waals surface area contributed by atoms with Crippen molar-refractivity contribution in [2.24, 2.45) is 11.8 Å². The van der Waals surface area contributed by atoms with E-state index in [1.807, 2.05) is 7.05 Å². The van der Waals surface area contributed by atoms with Gasteiger partial charge < -0.3 is 5.32 Å². The van der Waals surface area contributed by atoms with Gasteiger partial charge in [0.25, 0.3) is 0 Å². The van der Waals surface area contributed by atoms with Crippen molar-refractivity contribution in [2.45, 2.75) is 64.7 Å². The highest BCUT2D eigenvalue weighted by Crippen LogP contribution is 2.52. The highest BCUT2D eigenvalue weighted by atomic mass is 14.9. The van der Waals surface area contributed by atoms with Gasteiger partial charge in [-0.1, -0.05) is 20.3 Å². The Balaban J connectivity index is 1.91. The fraction of sp³-hybridized carbons (Fsp3) is 0.778. The van der Waals surface area contributed by atoms with Crippen molar-refractivity contribution in [1.82, 2.24) is 15.3 Å². The molecule has 1 heterocycles. The van der Waals surface area contributed by atoms with E-state index in [0.717, 1.165) is 37.6 Å². The van der Waals surface area contributed by atoms with E-state index >= 15 is 0 Å². The van der Waals surface area contributed by atoms with Crippen molar-refractivity contribution >= 4 is 0 Å². The van der Waals surface area contributed by atoms with E-state index in [4.69, 9.17) is 9.97 Å². The zero-order valence-corrected chi connectivity index (χ0v) is 13.8. The van der Waals surface area contributed by atoms with Crippen LogP contribution in [0.15, 0.2) is 0 Å². The van der Waals surface area contributed by atoms with E-state index < -0.39 is 0 Å². The molecule has 116 valence electrons. The third kappa shape index (κ3) is 2.85. The van der Waals surface area contributed by atoms with Crippen LogP contribution in [-0.2, 0) is 19.3 Å². The summed E-state index contributed by atoms with van der Waals surface area (Å²) in [6.45, 7) is 5.47. The van der Waals surface area contributed by atoms with Crippen LogP contribution in [0.4, 0.5) is 0 Å². The lowest BCUT2D eigenvalue weighted by molar-refractivity contribution is 0.403. The van der Waals surface area contributed by atoms with Crippen molar-refractivity contribution in [3.05, 3.63) is 22.8 Å². The van der Waals surface area contributed by atoms with E-state index in [0.29, 0.717) is 5.92 Å². The van der Waals surface area contributed by atoms with Crippen LogP contribution in [0.2, 0.25) is 0 Å². The van der Waals surface area contributed by atoms with Crippen molar-refractivity contribution in [2.75, 3.05) is 13.6 Å². The molecule has 3 unspecified atom stereocenters. The molecule has 2 aliphatic rings. The van der Waals surface area contributed by atoms with Gasteiger partial charge >= 0.3 is 0 Å². The topological polar surface area (TPSA) is 37.8 Å². The molecule has 2 bridgehead atoms. The Kier molecular flexibility index (Phi) is 4.58. The lowest BCUT2D eigenvalue weighted by Gasteiger charge is -2.22. The Labute approximate surface area is 129 Å². The van der Waals surface area contributed by atoms with Crippen LogP contribution in [0.1, 0.15) is 68.2 Å². The summed E-state index contributed by atoms with van der Waals surface area (Å²) in [5.41, 5.74) is 4.01. The van der Waals surface area contributed by atoms with Gasteiger partial charge in [0.05, 0.1) is 0 Å². The lowest BCUT2D eigenvalue weighted by Crippen LogP contribution is -2.19. The predicted octanol–water partition coefficient (Wildman–Crippen LogP) is 3.27. The number of rotatable bonds is 6. The molecule has 0 amide bonds. The third-order valence-corrected chi connectivity index (χ3v) is 5.56. The minimum atomic E-state index is 0.651. The minimum Gasteiger partial charge on any atom is -0.319 e. The normalized spacial score (nSPS) is 27.5. The number of aryl methyl sites for hydroxylation is 2. The monoisotopic (exact) mass is 287 g/mol. The molecule has 1 aromatic heterocycles. The Morgan fingerprint density at radius 1 is 1.05 bits per heavy atom. The lowest BCUT2D eigenvalue weighted by atomic mass is 9.87. The zero-order chi connectivity index (χ0) is 14.8. The second kappa shape index (κ2) is 6.43. The van der Waals surface area contributed by atoms with E-state index in [2.05, 4.69) is 19.2 Å². The summed E-state index contributed by atoms with van der Waals surface area (Å²) in [5.74, 6) is 3.65. The molecule has 3 nitrogen and oxygen atoms in total. The average molecular weight is 287 g/mol. The van der Waals surface area contributed by atoms with E-state index in [1.54, 1.807) is 0 Å². The van der Waals surface area contributed by atoms with Crippen LogP contribution in [0.3, 0.4) is 0 Å². The summed E-state index contributed by atoms with van der Waals surface area (Å²) >= 11 is 0. The Hall–Kier alpha value is -0.960. The van der Waals surface area contributed by atoms with Crippen LogP contribution >= 0.6 is 0 Å². The number of aromatic nitrogens is 2. The number of fused-ring (bicyclic) bond motifs is 2. The number of hydrogen-bond acceptors (Lipinski definition) is 3. The van der Waals surface area contributed by atoms with E-state index in [-0.39, 0.29) is 0 Å². The van der Waals surface area contributed by atoms with Crippen LogP contribution < -0.4 is 5.32 Å². The summed E-state index contributed by atoms with van der Waals surface area (Å²) in [6, 6.07) is 0. The SMILES string of the molecule is CCc1nc(C2CC3CCC2C3)nc(CC)c1CCNC. The van der Waals surface area contributed by atoms with E-state index in [1.165, 1.54) is 48.5 Å². The fourth-order valence-electron chi connectivity index (χ4n) is 4.45. The largest absolute Gasteiger partial charge is 0.319 e. The fourth-order valence-corrected chi connectivity index (χ4v) is 4.45. The van der Waals surface area contributed by atoms with Gasteiger partial charge in [0.2, 0.25) is 0 Å². The van der Waals surface area contributed by atoms with Crippen LogP contribution in [0.5, 0.6) is 0 Å². The summed E-state index contributed by atoms with van der Waals surface area (Å²) in [5, 5.41) is 3.25. The second-order valence-electron chi connectivity index (χ2n) is 6.80. The minimum absolute atomic E-state index is 0.651. The molecule has 0 aromatic carbocycles. The average Bonchev–Trinajstić information content (AvgIpc) is 3.15. The first-order chi connectivity index (χ1) is 10.3. The first kappa shape index (κ1) is 15.0. The highest BCUT2D eigenvalue weighted by molar-refractivity contribution is 5.28. The predicted molar refractivity (Wildman–Crippen MR) is 86.6 cm³/mol. The highest BCUT2D eigenvalue weighted by Gasteiger charge is 2.41. The summed E-state index contributed by atoms with van der Waals surface area (Å²) in [7, 11) is 2.02. The molecule has 2 fully saturated rings. The summed E-state index contributed by atoms with van der Waals surface area (Å²) in [6.07, 6.45) is 8.74. The van der Waals surface area contributed by atoms with Crippen molar-refractivity contribution in [3.63, 3.8) is 0 Å². The van der Waals surface area contributed by atoms with Gasteiger partial charge in [0.15, 0.2) is 0 Å². The quantitative estimate of drug-likeness (QED) is 0.872. The van der Waals surface area contributed by atoms with Gasteiger partial charge in [-0.05, 0) is 69.5 Å². The number of nitrogens with zero attached hydrogens (tertiary/aromatic N) is 2. The Morgan fingerprint density at radius 3 is 2.24 bits per heavy atom. The molecule has 2 saturated carbocycles. The van der Waals surface area contributed by atoms with Crippen molar-refractivity contribution < 1.29 is 0 Å². The maximum absolute atomic E-state index is 5.01. The number of nitrogens with one attached hydrogen (secondary N) is 1. The molecular formula is C18H29N3. The molecule has 1 N–H and O–H groups in total. The molecule has 0 aliphatic heterocycles. The van der Waals surface area contributed by atoms with Gasteiger partial charge in [-0.25, -0.2) is 9.97 Å². The number of hydrogen-bond donors (Lipinski definition) is 1. The standard InChI is InChI=1S/C18H29N3/c1-4-16-14(8-9-19-3)17(5-2)21-18(20-16)15-11-12-6-7-13(15)10-12/h12-13,15,19H,4-11H2,1-3H3. The summed E-state index contributed by atoms with van der Waals surface area (Å²) < 4.78 is 0.